The number of aliphatic carboxylic acids is 1. The average Bonchev–Trinajstić information content (AvgIpc) is 2.42. The maximum absolute atomic E-state index is 11.9. The highest BCUT2D eigenvalue weighted by Crippen LogP contribution is 2.12. The molecule has 0 saturated carbocycles. The fourth-order valence-electron chi connectivity index (χ4n) is 1.74. The third-order valence-corrected chi connectivity index (χ3v) is 3.19. The van der Waals surface area contributed by atoms with Crippen molar-refractivity contribution in [2.75, 3.05) is 6.54 Å². The van der Waals surface area contributed by atoms with Crippen molar-refractivity contribution in [1.29, 1.82) is 0 Å². The van der Waals surface area contributed by atoms with E-state index in [-0.39, 0.29) is 18.4 Å². The van der Waals surface area contributed by atoms with Crippen LogP contribution in [-0.2, 0) is 19.2 Å². The Labute approximate surface area is 142 Å². The molecule has 3 amide bonds. The van der Waals surface area contributed by atoms with E-state index in [0.29, 0.717) is 6.42 Å². The van der Waals surface area contributed by atoms with E-state index in [2.05, 4.69) is 16.0 Å². The van der Waals surface area contributed by atoms with E-state index >= 15 is 0 Å². The van der Waals surface area contributed by atoms with Crippen LogP contribution < -0.4 is 16.0 Å². The number of carboxylic acids is 1. The van der Waals surface area contributed by atoms with E-state index in [1.165, 1.54) is 6.92 Å². The molecule has 0 rings (SSSR count). The third-order valence-electron chi connectivity index (χ3n) is 3.19. The molecule has 0 spiro atoms. The van der Waals surface area contributed by atoms with Crippen LogP contribution in [0, 0.1) is 11.3 Å². The zero-order chi connectivity index (χ0) is 19.1. The Hall–Kier alpha value is -2.12. The molecule has 138 valence electrons. The first-order valence-corrected chi connectivity index (χ1v) is 7.95. The van der Waals surface area contributed by atoms with Crippen molar-refractivity contribution in [3.63, 3.8) is 0 Å². The van der Waals surface area contributed by atoms with Crippen molar-refractivity contribution in [3.8, 4) is 0 Å². The molecular weight excluding hydrogens is 314 g/mol. The summed E-state index contributed by atoms with van der Waals surface area (Å²) in [4.78, 5) is 46.5. The quantitative estimate of drug-likeness (QED) is 0.503. The number of amides is 3. The molecule has 0 aromatic heterocycles. The lowest BCUT2D eigenvalue weighted by Crippen LogP contribution is -2.51. The smallest absolute Gasteiger partial charge is 0.326 e. The first-order valence-electron chi connectivity index (χ1n) is 7.95. The van der Waals surface area contributed by atoms with Gasteiger partial charge in [-0.05, 0) is 19.3 Å². The standard InChI is InChI=1S/C16H29N3O5/c1-9(2)7-11(14(22)23)19-12(20)8-17-13(21)10(3)18-15(24)16(4,5)6/h9-11H,7-8H2,1-6H3,(H,17,21)(H,18,24)(H,19,20)(H,22,23)/t10?,11-/m0/s1. The van der Waals surface area contributed by atoms with E-state index in [0.717, 1.165) is 0 Å². The van der Waals surface area contributed by atoms with Crippen molar-refractivity contribution in [1.82, 2.24) is 16.0 Å². The number of carboxylic acid groups (broad SMARTS) is 1. The lowest BCUT2D eigenvalue weighted by atomic mass is 9.95. The number of carbonyl (C=O) groups is 4. The molecule has 0 bridgehead atoms. The maximum Gasteiger partial charge on any atom is 0.326 e. The molecule has 0 heterocycles. The van der Waals surface area contributed by atoms with Crippen LogP contribution in [0.3, 0.4) is 0 Å². The van der Waals surface area contributed by atoms with Crippen LogP contribution in [0.1, 0.15) is 48.0 Å². The van der Waals surface area contributed by atoms with Gasteiger partial charge in [-0.3, -0.25) is 14.4 Å². The Kier molecular flexibility index (Phi) is 8.43. The normalized spacial score (nSPS) is 13.8. The molecular formula is C16H29N3O5. The van der Waals surface area contributed by atoms with E-state index in [4.69, 9.17) is 5.11 Å². The SMILES string of the molecule is CC(C)C[C@H](NC(=O)CNC(=O)C(C)NC(=O)C(C)(C)C)C(=O)O. The lowest BCUT2D eigenvalue weighted by Gasteiger charge is -2.21. The summed E-state index contributed by atoms with van der Waals surface area (Å²) >= 11 is 0. The van der Waals surface area contributed by atoms with Gasteiger partial charge in [-0.25, -0.2) is 4.79 Å². The molecule has 0 saturated heterocycles. The molecule has 0 aromatic carbocycles. The van der Waals surface area contributed by atoms with Crippen molar-refractivity contribution >= 4 is 23.7 Å². The van der Waals surface area contributed by atoms with E-state index in [1.54, 1.807) is 20.8 Å². The van der Waals surface area contributed by atoms with Crippen molar-refractivity contribution in [2.45, 2.75) is 60.0 Å². The summed E-state index contributed by atoms with van der Waals surface area (Å²) in [5.41, 5.74) is -0.628. The van der Waals surface area contributed by atoms with Gasteiger partial charge in [0.05, 0.1) is 6.54 Å². The van der Waals surface area contributed by atoms with Crippen LogP contribution in [0.5, 0.6) is 0 Å². The molecule has 0 aliphatic heterocycles. The largest absolute Gasteiger partial charge is 0.480 e. The summed E-state index contributed by atoms with van der Waals surface area (Å²) < 4.78 is 0. The Balaban J connectivity index is 4.41. The lowest BCUT2D eigenvalue weighted by molar-refractivity contribution is -0.142. The predicted octanol–water partition coefficient (Wildman–Crippen LogP) is 0.269. The second-order valence-electron chi connectivity index (χ2n) is 7.25. The van der Waals surface area contributed by atoms with Gasteiger partial charge in [0.15, 0.2) is 0 Å². The summed E-state index contributed by atoms with van der Waals surface area (Å²) in [6, 6.07) is -1.79. The number of hydrogen-bond donors (Lipinski definition) is 4. The minimum absolute atomic E-state index is 0.105. The minimum Gasteiger partial charge on any atom is -0.480 e. The van der Waals surface area contributed by atoms with Gasteiger partial charge in [0, 0.05) is 5.41 Å². The topological polar surface area (TPSA) is 125 Å². The summed E-state index contributed by atoms with van der Waals surface area (Å²) in [7, 11) is 0. The van der Waals surface area contributed by atoms with Crippen molar-refractivity contribution < 1.29 is 24.3 Å². The van der Waals surface area contributed by atoms with E-state index in [9.17, 15) is 19.2 Å². The average molecular weight is 343 g/mol. The van der Waals surface area contributed by atoms with Crippen molar-refractivity contribution in [3.05, 3.63) is 0 Å². The van der Waals surface area contributed by atoms with Crippen LogP contribution in [0.2, 0.25) is 0 Å². The Morgan fingerprint density at radius 3 is 1.96 bits per heavy atom. The van der Waals surface area contributed by atoms with Gasteiger partial charge in [0.2, 0.25) is 17.7 Å². The zero-order valence-corrected chi connectivity index (χ0v) is 15.2. The van der Waals surface area contributed by atoms with Gasteiger partial charge >= 0.3 is 5.97 Å². The summed E-state index contributed by atoms with van der Waals surface area (Å²) in [5.74, 6) is -2.40. The maximum atomic E-state index is 11.9. The molecule has 0 aliphatic rings. The molecule has 2 atom stereocenters. The number of nitrogens with one attached hydrogen (secondary N) is 3. The van der Waals surface area contributed by atoms with Gasteiger partial charge in [0.25, 0.3) is 0 Å². The molecule has 0 fully saturated rings. The zero-order valence-electron chi connectivity index (χ0n) is 15.2. The fourth-order valence-corrected chi connectivity index (χ4v) is 1.74. The van der Waals surface area contributed by atoms with E-state index in [1.807, 2.05) is 13.8 Å². The number of carbonyl (C=O) groups excluding carboxylic acids is 3. The third kappa shape index (κ3) is 8.50. The minimum atomic E-state index is -1.12. The molecule has 24 heavy (non-hydrogen) atoms. The first kappa shape index (κ1) is 21.9. The van der Waals surface area contributed by atoms with Gasteiger partial charge in [-0.2, -0.15) is 0 Å². The van der Waals surface area contributed by atoms with Crippen molar-refractivity contribution in [2.24, 2.45) is 11.3 Å². The Bertz CT molecular complexity index is 483. The number of hydrogen-bond acceptors (Lipinski definition) is 4. The van der Waals surface area contributed by atoms with Gasteiger partial charge in [0.1, 0.15) is 12.1 Å². The predicted molar refractivity (Wildman–Crippen MR) is 89.1 cm³/mol. The molecule has 0 aromatic rings. The number of rotatable bonds is 8. The monoisotopic (exact) mass is 343 g/mol. The van der Waals surface area contributed by atoms with Gasteiger partial charge < -0.3 is 21.1 Å². The van der Waals surface area contributed by atoms with Crippen LogP contribution in [0.15, 0.2) is 0 Å². The second-order valence-corrected chi connectivity index (χ2v) is 7.25. The molecule has 1 unspecified atom stereocenters. The first-order chi connectivity index (χ1) is 10.8. The Morgan fingerprint density at radius 1 is 1.00 bits per heavy atom. The summed E-state index contributed by atoms with van der Waals surface area (Å²) in [6.45, 7) is 10.0. The van der Waals surface area contributed by atoms with E-state index < -0.39 is 35.3 Å². The molecule has 8 heteroatoms. The molecule has 4 N–H and O–H groups in total. The van der Waals surface area contributed by atoms with Crippen LogP contribution in [0.4, 0.5) is 0 Å². The fraction of sp³-hybridized carbons (Fsp3) is 0.750. The molecule has 0 radical (unpaired) electrons. The highest BCUT2D eigenvalue weighted by Gasteiger charge is 2.26. The van der Waals surface area contributed by atoms with Gasteiger partial charge in [-0.15, -0.1) is 0 Å². The van der Waals surface area contributed by atoms with Crippen LogP contribution in [0.25, 0.3) is 0 Å². The molecule has 0 aliphatic carbocycles. The second kappa shape index (κ2) is 9.24. The van der Waals surface area contributed by atoms with Gasteiger partial charge in [-0.1, -0.05) is 34.6 Å². The Morgan fingerprint density at radius 2 is 1.54 bits per heavy atom. The van der Waals surface area contributed by atoms with Crippen LogP contribution >= 0.6 is 0 Å². The summed E-state index contributed by atoms with van der Waals surface area (Å²) in [6.07, 6.45) is 0.299. The molecule has 8 nitrogen and oxygen atoms in total. The highest BCUT2D eigenvalue weighted by atomic mass is 16.4. The van der Waals surface area contributed by atoms with Crippen LogP contribution in [-0.4, -0.2) is 47.4 Å². The summed E-state index contributed by atoms with van der Waals surface area (Å²) in [5, 5.41) is 16.4. The highest BCUT2D eigenvalue weighted by molar-refractivity contribution is 5.92.